The van der Waals surface area contributed by atoms with Gasteiger partial charge in [0.25, 0.3) is 0 Å². The van der Waals surface area contributed by atoms with Crippen molar-refractivity contribution in [3.05, 3.63) is 64.4 Å². The number of hydrogen-bond acceptors (Lipinski definition) is 3. The molecule has 7 heteroatoms. The van der Waals surface area contributed by atoms with E-state index < -0.39 is 17.7 Å². The van der Waals surface area contributed by atoms with Gasteiger partial charge in [-0.3, -0.25) is 9.59 Å². The first-order valence-corrected chi connectivity index (χ1v) is 8.97. The highest BCUT2D eigenvalue weighted by atomic mass is 35.5. The van der Waals surface area contributed by atoms with Crippen LogP contribution in [-0.4, -0.2) is 35.0 Å². The quantitative estimate of drug-likeness (QED) is 0.784. The molecule has 2 aromatic carbocycles. The van der Waals surface area contributed by atoms with Crippen molar-refractivity contribution in [2.75, 3.05) is 13.1 Å². The molecule has 142 valence electrons. The highest BCUT2D eigenvalue weighted by molar-refractivity contribution is 6.31. The Hall–Kier alpha value is -2.60. The third-order valence-electron chi connectivity index (χ3n) is 4.62. The lowest BCUT2D eigenvalue weighted by molar-refractivity contribution is -0.141. The number of carbonyl (C=O) groups is 2. The fourth-order valence-electron chi connectivity index (χ4n) is 3.08. The predicted molar refractivity (Wildman–Crippen MR) is 98.2 cm³/mol. The molecule has 3 rings (SSSR count). The summed E-state index contributed by atoms with van der Waals surface area (Å²) in [4.78, 5) is 24.6. The molecule has 0 aromatic heterocycles. The zero-order chi connectivity index (χ0) is 19.4. The molecule has 1 aliphatic heterocycles. The SMILES string of the molecule is O=C(O)C1CC(=O)N(CCc2ccccc2OCc2c(F)cccc2Cl)C1. The van der Waals surface area contributed by atoms with Crippen molar-refractivity contribution in [2.45, 2.75) is 19.4 Å². The van der Waals surface area contributed by atoms with Gasteiger partial charge in [-0.2, -0.15) is 0 Å². The van der Waals surface area contributed by atoms with Crippen LogP contribution in [0.25, 0.3) is 0 Å². The monoisotopic (exact) mass is 391 g/mol. The number of amides is 1. The van der Waals surface area contributed by atoms with E-state index >= 15 is 0 Å². The molecule has 5 nitrogen and oxygen atoms in total. The van der Waals surface area contributed by atoms with Crippen molar-refractivity contribution in [3.8, 4) is 5.75 Å². The number of carboxylic acids is 1. The van der Waals surface area contributed by atoms with E-state index in [2.05, 4.69) is 0 Å². The number of aliphatic carboxylic acids is 1. The van der Waals surface area contributed by atoms with Crippen LogP contribution < -0.4 is 4.74 Å². The highest BCUT2D eigenvalue weighted by Crippen LogP contribution is 2.25. The van der Waals surface area contributed by atoms with E-state index in [-0.39, 0.29) is 31.0 Å². The average molecular weight is 392 g/mol. The van der Waals surface area contributed by atoms with E-state index in [4.69, 9.17) is 21.4 Å². The van der Waals surface area contributed by atoms with Crippen LogP contribution in [0.1, 0.15) is 17.5 Å². The average Bonchev–Trinajstić information content (AvgIpc) is 3.01. The van der Waals surface area contributed by atoms with Gasteiger partial charge in [0.2, 0.25) is 5.91 Å². The minimum absolute atomic E-state index is 0.00769. The van der Waals surface area contributed by atoms with Crippen LogP contribution in [0.4, 0.5) is 4.39 Å². The Morgan fingerprint density at radius 3 is 2.74 bits per heavy atom. The maximum absolute atomic E-state index is 13.9. The van der Waals surface area contributed by atoms with Crippen molar-refractivity contribution in [2.24, 2.45) is 5.92 Å². The van der Waals surface area contributed by atoms with Gasteiger partial charge in [-0.25, -0.2) is 4.39 Å². The van der Waals surface area contributed by atoms with E-state index in [0.717, 1.165) is 5.56 Å². The molecular weight excluding hydrogens is 373 g/mol. The third kappa shape index (κ3) is 4.57. The van der Waals surface area contributed by atoms with E-state index in [9.17, 15) is 14.0 Å². The van der Waals surface area contributed by atoms with E-state index in [1.807, 2.05) is 18.2 Å². The molecule has 1 fully saturated rings. The number of para-hydroxylation sites is 1. The van der Waals surface area contributed by atoms with Gasteiger partial charge in [-0.05, 0) is 30.2 Å². The molecule has 1 aliphatic rings. The van der Waals surface area contributed by atoms with E-state index in [1.165, 1.54) is 12.1 Å². The van der Waals surface area contributed by atoms with Gasteiger partial charge in [-0.15, -0.1) is 0 Å². The molecule has 0 bridgehead atoms. The standard InChI is InChI=1S/C20H19ClFNO4/c21-16-5-3-6-17(22)15(16)12-27-18-7-2-1-4-13(18)8-9-23-11-14(20(25)26)10-19(23)24/h1-7,14H,8-12H2,(H,25,26). The van der Waals surface area contributed by atoms with Crippen LogP contribution in [0, 0.1) is 11.7 Å². The number of ether oxygens (including phenoxy) is 1. The van der Waals surface area contributed by atoms with Crippen molar-refractivity contribution in [3.63, 3.8) is 0 Å². The number of benzene rings is 2. The number of halogens is 2. The second kappa shape index (κ2) is 8.39. The van der Waals surface area contributed by atoms with Gasteiger partial charge >= 0.3 is 5.97 Å². The maximum Gasteiger partial charge on any atom is 0.308 e. The first-order chi connectivity index (χ1) is 13.0. The molecule has 1 N–H and O–H groups in total. The molecule has 1 heterocycles. The summed E-state index contributed by atoms with van der Waals surface area (Å²) >= 11 is 6.03. The summed E-state index contributed by atoms with van der Waals surface area (Å²) in [5.41, 5.74) is 1.14. The van der Waals surface area contributed by atoms with Crippen LogP contribution in [0.15, 0.2) is 42.5 Å². The Bertz CT molecular complexity index is 837. The number of carboxylic acid groups (broad SMARTS) is 1. The van der Waals surface area contributed by atoms with Gasteiger partial charge in [0.05, 0.1) is 10.9 Å². The lowest BCUT2D eigenvalue weighted by Crippen LogP contribution is -2.28. The third-order valence-corrected chi connectivity index (χ3v) is 4.98. The number of rotatable bonds is 7. The van der Waals surface area contributed by atoms with E-state index in [0.29, 0.717) is 23.7 Å². The molecule has 1 saturated heterocycles. The van der Waals surface area contributed by atoms with Crippen LogP contribution >= 0.6 is 11.6 Å². The van der Waals surface area contributed by atoms with Gasteiger partial charge < -0.3 is 14.7 Å². The highest BCUT2D eigenvalue weighted by Gasteiger charge is 2.33. The fourth-order valence-corrected chi connectivity index (χ4v) is 3.30. The van der Waals surface area contributed by atoms with Gasteiger partial charge in [-0.1, -0.05) is 35.9 Å². The van der Waals surface area contributed by atoms with E-state index in [1.54, 1.807) is 17.0 Å². The summed E-state index contributed by atoms with van der Waals surface area (Å²) < 4.78 is 19.7. The summed E-state index contributed by atoms with van der Waals surface area (Å²) in [5.74, 6) is -1.59. The summed E-state index contributed by atoms with van der Waals surface area (Å²) in [6.45, 7) is 0.623. The van der Waals surface area contributed by atoms with Gasteiger partial charge in [0.15, 0.2) is 0 Å². The van der Waals surface area contributed by atoms with Crippen LogP contribution in [0.2, 0.25) is 5.02 Å². The Kier molecular flexibility index (Phi) is 5.96. The number of hydrogen-bond donors (Lipinski definition) is 1. The Morgan fingerprint density at radius 2 is 2.04 bits per heavy atom. The lowest BCUT2D eigenvalue weighted by atomic mass is 10.1. The Balaban J connectivity index is 1.64. The molecule has 1 amide bonds. The fraction of sp³-hybridized carbons (Fsp3) is 0.300. The normalized spacial score (nSPS) is 16.6. The first kappa shape index (κ1) is 19.2. The van der Waals surface area contributed by atoms with Crippen molar-refractivity contribution in [1.82, 2.24) is 4.90 Å². The minimum atomic E-state index is -0.948. The smallest absolute Gasteiger partial charge is 0.308 e. The second-order valence-electron chi connectivity index (χ2n) is 6.43. The molecule has 0 radical (unpaired) electrons. The minimum Gasteiger partial charge on any atom is -0.488 e. The number of nitrogens with zero attached hydrogens (tertiary/aromatic N) is 1. The molecule has 27 heavy (non-hydrogen) atoms. The summed E-state index contributed by atoms with van der Waals surface area (Å²) in [6, 6.07) is 11.8. The zero-order valence-corrected chi connectivity index (χ0v) is 15.3. The summed E-state index contributed by atoms with van der Waals surface area (Å²) in [6.07, 6.45) is 0.554. The Labute approximate surface area is 161 Å². The zero-order valence-electron chi connectivity index (χ0n) is 14.5. The largest absolute Gasteiger partial charge is 0.488 e. The van der Waals surface area contributed by atoms with Crippen molar-refractivity contribution in [1.29, 1.82) is 0 Å². The van der Waals surface area contributed by atoms with Crippen LogP contribution in [-0.2, 0) is 22.6 Å². The molecule has 0 spiro atoms. The number of carbonyl (C=O) groups excluding carboxylic acids is 1. The molecule has 2 aromatic rings. The maximum atomic E-state index is 13.9. The summed E-state index contributed by atoms with van der Waals surface area (Å²) in [5, 5.41) is 9.36. The Morgan fingerprint density at radius 1 is 1.26 bits per heavy atom. The van der Waals surface area contributed by atoms with Crippen molar-refractivity contribution >= 4 is 23.5 Å². The van der Waals surface area contributed by atoms with Crippen LogP contribution in [0.5, 0.6) is 5.75 Å². The molecule has 1 unspecified atom stereocenters. The predicted octanol–water partition coefficient (Wildman–Crippen LogP) is 3.53. The second-order valence-corrected chi connectivity index (χ2v) is 6.83. The molecule has 0 saturated carbocycles. The van der Waals surface area contributed by atoms with Crippen molar-refractivity contribution < 1.29 is 23.8 Å². The number of likely N-dealkylation sites (tertiary alicyclic amines) is 1. The molecule has 0 aliphatic carbocycles. The van der Waals surface area contributed by atoms with Gasteiger partial charge in [0.1, 0.15) is 18.2 Å². The van der Waals surface area contributed by atoms with Crippen LogP contribution in [0.3, 0.4) is 0 Å². The lowest BCUT2D eigenvalue weighted by Gasteiger charge is -2.18. The summed E-state index contributed by atoms with van der Waals surface area (Å²) in [7, 11) is 0. The van der Waals surface area contributed by atoms with Gasteiger partial charge in [0, 0.05) is 25.1 Å². The topological polar surface area (TPSA) is 66.8 Å². The molecule has 1 atom stereocenters. The molecular formula is C20H19ClFNO4. The first-order valence-electron chi connectivity index (χ1n) is 8.60.